The monoisotopic (exact) mass is 611 g/mol. The molecule has 4 aliphatic rings. The third-order valence-corrected chi connectivity index (χ3v) is 10.7. The van der Waals surface area contributed by atoms with E-state index in [4.69, 9.17) is 14.5 Å². The molecule has 0 N–H and O–H groups in total. The van der Waals surface area contributed by atoms with Crippen LogP contribution in [0.4, 0.5) is 17.1 Å². The third kappa shape index (κ3) is 2.98. The maximum Gasteiger partial charge on any atom is 0.279 e. The second-order valence-corrected chi connectivity index (χ2v) is 13.0. The van der Waals surface area contributed by atoms with Crippen molar-refractivity contribution < 1.29 is 9.47 Å². The van der Waals surface area contributed by atoms with Gasteiger partial charge >= 0.3 is 0 Å². The molecule has 0 atom stereocenters. The Bertz CT molecular complexity index is 2720. The summed E-state index contributed by atoms with van der Waals surface area (Å²) in [5.41, 5.74) is 13.6. The molecule has 8 aromatic rings. The first kappa shape index (κ1) is 25.0. The average Bonchev–Trinajstić information content (AvgIpc) is 3.48. The second kappa shape index (κ2) is 8.78. The molecule has 0 saturated carbocycles. The van der Waals surface area contributed by atoms with Gasteiger partial charge in [0.2, 0.25) is 5.88 Å². The fraction of sp³-hybridized carbons (Fsp3) is 0. The number of fused-ring (bicyclic) bond motifs is 11. The minimum atomic E-state index is -0.102. The Morgan fingerprint density at radius 3 is 2.10 bits per heavy atom. The van der Waals surface area contributed by atoms with E-state index >= 15 is 0 Å². The molecule has 5 nitrogen and oxygen atoms in total. The Balaban J connectivity index is 1.19. The zero-order chi connectivity index (χ0) is 31.1. The maximum atomic E-state index is 6.87. The highest BCUT2D eigenvalue weighted by molar-refractivity contribution is 7.00. The van der Waals surface area contributed by atoms with E-state index in [1.54, 1.807) is 0 Å². The molecule has 220 valence electrons. The number of rotatable bonds is 1. The van der Waals surface area contributed by atoms with Gasteiger partial charge in [0.1, 0.15) is 17.2 Å². The summed E-state index contributed by atoms with van der Waals surface area (Å²) in [6.07, 6.45) is 0. The fourth-order valence-electron chi connectivity index (χ4n) is 8.87. The number of anilines is 3. The van der Waals surface area contributed by atoms with E-state index < -0.39 is 0 Å². The van der Waals surface area contributed by atoms with Gasteiger partial charge in [-0.25, -0.2) is 4.98 Å². The van der Waals surface area contributed by atoms with Gasteiger partial charge in [-0.1, -0.05) is 84.9 Å². The number of hydrogen-bond donors (Lipinski definition) is 0. The van der Waals surface area contributed by atoms with Crippen LogP contribution in [0.5, 0.6) is 23.1 Å². The smallest absolute Gasteiger partial charge is 0.279 e. The number of benzene rings is 6. The number of ether oxygens (including phenoxy) is 2. The summed E-state index contributed by atoms with van der Waals surface area (Å²) in [6.45, 7) is -0.138. The molecule has 0 spiro atoms. The van der Waals surface area contributed by atoms with Crippen LogP contribution >= 0.6 is 0 Å². The summed E-state index contributed by atoms with van der Waals surface area (Å²) in [7, 11) is 0. The molecule has 0 fully saturated rings. The molecule has 0 bridgehead atoms. The first-order valence-corrected chi connectivity index (χ1v) is 16.5. The Morgan fingerprint density at radius 2 is 1.19 bits per heavy atom. The van der Waals surface area contributed by atoms with Gasteiger partial charge in [-0.05, 0) is 81.9 Å². The van der Waals surface area contributed by atoms with Gasteiger partial charge in [0.05, 0.1) is 11.2 Å². The number of hydrogen-bond acceptors (Lipinski definition) is 4. The van der Waals surface area contributed by atoms with Crippen molar-refractivity contribution in [2.24, 2.45) is 0 Å². The molecule has 2 aromatic heterocycles. The molecular formula is C41H23B2N3O2. The van der Waals surface area contributed by atoms with Crippen LogP contribution in [0.1, 0.15) is 0 Å². The number of para-hydroxylation sites is 4. The van der Waals surface area contributed by atoms with E-state index in [0.717, 1.165) is 56.3 Å². The summed E-state index contributed by atoms with van der Waals surface area (Å²) < 4.78 is 15.8. The number of aromatic nitrogens is 2. The lowest BCUT2D eigenvalue weighted by Gasteiger charge is -2.40. The Kier molecular flexibility index (Phi) is 4.56. The largest absolute Gasteiger partial charge is 0.458 e. The van der Waals surface area contributed by atoms with Crippen LogP contribution < -0.4 is 47.3 Å². The zero-order valence-corrected chi connectivity index (χ0v) is 25.6. The average molecular weight is 611 g/mol. The highest BCUT2D eigenvalue weighted by Crippen LogP contribution is 2.42. The summed E-state index contributed by atoms with van der Waals surface area (Å²) in [4.78, 5) is 7.90. The molecular weight excluding hydrogens is 588 g/mol. The Morgan fingerprint density at radius 1 is 0.500 bits per heavy atom. The predicted octanol–water partition coefficient (Wildman–Crippen LogP) is 5.52. The van der Waals surface area contributed by atoms with Gasteiger partial charge in [-0.3, -0.25) is 0 Å². The molecule has 0 amide bonds. The topological polar surface area (TPSA) is 39.5 Å². The van der Waals surface area contributed by atoms with Crippen molar-refractivity contribution in [1.82, 2.24) is 9.55 Å². The minimum Gasteiger partial charge on any atom is -0.458 e. The van der Waals surface area contributed by atoms with Crippen LogP contribution in [0.2, 0.25) is 0 Å². The van der Waals surface area contributed by atoms with E-state index in [-0.39, 0.29) is 13.4 Å². The molecule has 6 heterocycles. The SMILES string of the molecule is c1ccc(N2c3cc4c(nc3B3c5ccccc5Oc5cccc2c53)Oc2cccc3c2B4c2cccc4c5ccccc5n-3c24)cc1. The maximum absolute atomic E-state index is 6.87. The Hall–Kier alpha value is -6.20. The predicted molar refractivity (Wildman–Crippen MR) is 196 cm³/mol. The van der Waals surface area contributed by atoms with E-state index in [0.29, 0.717) is 5.88 Å². The van der Waals surface area contributed by atoms with Crippen molar-refractivity contribution >= 4 is 85.2 Å². The van der Waals surface area contributed by atoms with Crippen LogP contribution in [0.25, 0.3) is 27.5 Å². The Labute approximate surface area is 276 Å². The molecule has 7 heteroatoms. The summed E-state index contributed by atoms with van der Waals surface area (Å²) in [6, 6.07) is 49.6. The molecule has 48 heavy (non-hydrogen) atoms. The van der Waals surface area contributed by atoms with Gasteiger partial charge in [-0.15, -0.1) is 0 Å². The lowest BCUT2D eigenvalue weighted by molar-refractivity contribution is 0.469. The fourth-order valence-corrected chi connectivity index (χ4v) is 8.87. The normalized spacial score (nSPS) is 14.0. The summed E-state index contributed by atoms with van der Waals surface area (Å²) in [5, 5.41) is 2.53. The zero-order valence-electron chi connectivity index (χ0n) is 25.6. The highest BCUT2D eigenvalue weighted by atomic mass is 16.5. The minimum absolute atomic E-state index is 0.0365. The lowest BCUT2D eigenvalue weighted by atomic mass is 9.33. The molecule has 6 aromatic carbocycles. The van der Waals surface area contributed by atoms with Crippen LogP contribution in [-0.2, 0) is 0 Å². The van der Waals surface area contributed by atoms with E-state index in [1.807, 2.05) is 6.07 Å². The summed E-state index contributed by atoms with van der Waals surface area (Å²) in [5.74, 6) is 3.27. The van der Waals surface area contributed by atoms with Crippen LogP contribution in [0.15, 0.2) is 140 Å². The molecule has 12 rings (SSSR count). The highest BCUT2D eigenvalue weighted by Gasteiger charge is 2.46. The molecule has 0 aliphatic carbocycles. The quantitative estimate of drug-likeness (QED) is 0.230. The molecule has 0 saturated heterocycles. The third-order valence-electron chi connectivity index (χ3n) is 10.7. The second-order valence-electron chi connectivity index (χ2n) is 13.0. The van der Waals surface area contributed by atoms with Gasteiger partial charge in [0, 0.05) is 38.9 Å². The molecule has 0 unspecified atom stereocenters. The van der Waals surface area contributed by atoms with Crippen LogP contribution in [0, 0.1) is 0 Å². The number of nitrogens with zero attached hydrogens (tertiary/aromatic N) is 3. The lowest BCUT2D eigenvalue weighted by Crippen LogP contribution is -2.63. The van der Waals surface area contributed by atoms with Gasteiger partial charge in [0.25, 0.3) is 13.4 Å². The van der Waals surface area contributed by atoms with Crippen LogP contribution in [-0.4, -0.2) is 23.0 Å². The van der Waals surface area contributed by atoms with Crippen LogP contribution in [0.3, 0.4) is 0 Å². The van der Waals surface area contributed by atoms with Gasteiger partial charge in [-0.2, -0.15) is 0 Å². The van der Waals surface area contributed by atoms with E-state index in [2.05, 4.69) is 143 Å². The number of pyridine rings is 1. The van der Waals surface area contributed by atoms with Crippen molar-refractivity contribution in [3.63, 3.8) is 0 Å². The van der Waals surface area contributed by atoms with E-state index in [9.17, 15) is 0 Å². The first-order chi connectivity index (χ1) is 23.8. The van der Waals surface area contributed by atoms with Gasteiger partial charge in [0.15, 0.2) is 0 Å². The van der Waals surface area contributed by atoms with E-state index in [1.165, 1.54) is 38.4 Å². The van der Waals surface area contributed by atoms with Gasteiger partial charge < -0.3 is 18.9 Å². The first-order valence-electron chi connectivity index (χ1n) is 16.5. The molecule has 0 radical (unpaired) electrons. The standard InChI is InChI=1S/C41H23B2N3O2/c1-2-11-24(12-3-1)45-31-18-9-21-35-38(31)43(27-15-5-7-20-34(27)47-35)40-33(45)23-29-41(44-40)48-36-22-10-19-32-37(36)42(29)28-16-8-14-26-25-13-4-6-17-30(25)46(32)39(26)28/h1-23H. The summed E-state index contributed by atoms with van der Waals surface area (Å²) >= 11 is 0. The van der Waals surface area contributed by atoms with Crippen molar-refractivity contribution in [1.29, 1.82) is 0 Å². The van der Waals surface area contributed by atoms with Crippen molar-refractivity contribution in [3.05, 3.63) is 140 Å². The van der Waals surface area contributed by atoms with Crippen molar-refractivity contribution in [2.75, 3.05) is 4.90 Å². The van der Waals surface area contributed by atoms with Crippen molar-refractivity contribution in [3.8, 4) is 28.8 Å². The molecule has 4 aliphatic heterocycles. The van der Waals surface area contributed by atoms with Crippen molar-refractivity contribution in [2.45, 2.75) is 0 Å².